The maximum atomic E-state index is 10.3. The maximum absolute atomic E-state index is 10.3. The lowest BCUT2D eigenvalue weighted by Crippen LogP contribution is -2.03. The Bertz CT molecular complexity index is 332. The lowest BCUT2D eigenvalue weighted by molar-refractivity contribution is 0.314. The first-order valence-corrected chi connectivity index (χ1v) is 6.57. The minimum atomic E-state index is -3.20. The summed E-state index contributed by atoms with van der Waals surface area (Å²) < 4.78 is 25.0. The van der Waals surface area contributed by atoms with Crippen molar-refractivity contribution >= 4 is 10.1 Å². The Morgan fingerprint density at radius 1 is 1.53 bits per heavy atom. The third kappa shape index (κ3) is 11.0. The number of aromatic amines is 1. The molecule has 0 bridgehead atoms. The van der Waals surface area contributed by atoms with Gasteiger partial charge in [-0.05, 0) is 13.3 Å². The number of aryl methyl sites for hydroxylation is 1. The van der Waals surface area contributed by atoms with E-state index < -0.39 is 10.1 Å². The number of nitrogens with one attached hydrogen (secondary N) is 1. The smallest absolute Gasteiger partial charge is 0.264 e. The second kappa shape index (κ2) is 7.42. The Morgan fingerprint density at radius 2 is 2.20 bits per heavy atom. The van der Waals surface area contributed by atoms with Crippen molar-refractivity contribution in [2.75, 3.05) is 12.9 Å². The Balaban J connectivity index is 0.000000280. The lowest BCUT2D eigenvalue weighted by atomic mass is 10.4. The average molecular weight is 234 g/mol. The molecule has 0 aliphatic rings. The third-order valence-corrected chi connectivity index (χ3v) is 2.03. The first-order valence-electron chi connectivity index (χ1n) is 4.76. The highest BCUT2D eigenvalue weighted by Gasteiger charge is 1.98. The number of nitrogens with zero attached hydrogens (tertiary/aromatic N) is 1. The number of H-pyrrole nitrogens is 1. The maximum Gasteiger partial charge on any atom is 0.264 e. The van der Waals surface area contributed by atoms with Crippen LogP contribution < -0.4 is 0 Å². The summed E-state index contributed by atoms with van der Waals surface area (Å²) in [7, 11) is -3.20. The summed E-state index contributed by atoms with van der Waals surface area (Å²) in [6.07, 6.45) is 6.34. The van der Waals surface area contributed by atoms with Gasteiger partial charge in [-0.2, -0.15) is 8.42 Å². The normalized spacial score (nSPS) is 10.6. The lowest BCUT2D eigenvalue weighted by Gasteiger charge is -1.96. The van der Waals surface area contributed by atoms with E-state index in [0.29, 0.717) is 6.61 Å². The number of unbranched alkanes of at least 4 members (excludes halogenated alkanes) is 1. The van der Waals surface area contributed by atoms with Gasteiger partial charge in [-0.1, -0.05) is 13.3 Å². The molecule has 0 aliphatic carbocycles. The number of hydrogen-bond acceptors (Lipinski definition) is 4. The van der Waals surface area contributed by atoms with Crippen molar-refractivity contribution in [2.24, 2.45) is 0 Å². The SMILES string of the molecule is CCCCOS(C)(=O)=O.Cc1ncc[nH]1. The van der Waals surface area contributed by atoms with Gasteiger partial charge in [-0.3, -0.25) is 4.18 Å². The molecule has 0 fully saturated rings. The summed E-state index contributed by atoms with van der Waals surface area (Å²) in [5, 5.41) is 0. The van der Waals surface area contributed by atoms with Crippen molar-refractivity contribution in [3.05, 3.63) is 18.2 Å². The summed E-state index contributed by atoms with van der Waals surface area (Å²) >= 11 is 0. The Labute approximate surface area is 91.0 Å². The standard InChI is InChI=1S/C5H12O3S.C4H6N2/c1-3-4-5-8-9(2,6)7;1-4-5-2-3-6-4/h3-5H2,1-2H3;2-3H,1H3,(H,5,6). The summed E-state index contributed by atoms with van der Waals surface area (Å²) in [5.74, 6) is 0.968. The van der Waals surface area contributed by atoms with Crippen LogP contribution in [0.15, 0.2) is 12.4 Å². The zero-order valence-corrected chi connectivity index (χ0v) is 10.2. The van der Waals surface area contributed by atoms with Gasteiger partial charge in [-0.25, -0.2) is 4.98 Å². The quantitative estimate of drug-likeness (QED) is 0.632. The third-order valence-electron chi connectivity index (χ3n) is 1.43. The fourth-order valence-electron chi connectivity index (χ4n) is 0.699. The molecule has 88 valence electrons. The summed E-state index contributed by atoms with van der Waals surface area (Å²) in [6, 6.07) is 0. The molecule has 0 radical (unpaired) electrons. The van der Waals surface area contributed by atoms with Gasteiger partial charge < -0.3 is 4.98 Å². The Morgan fingerprint density at radius 3 is 2.47 bits per heavy atom. The molecule has 0 saturated heterocycles. The van der Waals surface area contributed by atoms with Gasteiger partial charge in [0, 0.05) is 12.4 Å². The number of rotatable bonds is 4. The van der Waals surface area contributed by atoms with Crippen molar-refractivity contribution in [3.63, 3.8) is 0 Å². The first kappa shape index (κ1) is 14.1. The monoisotopic (exact) mass is 234 g/mol. The minimum Gasteiger partial charge on any atom is -0.349 e. The van der Waals surface area contributed by atoms with Crippen LogP contribution in [0.1, 0.15) is 25.6 Å². The van der Waals surface area contributed by atoms with Gasteiger partial charge in [0.25, 0.3) is 10.1 Å². The Hall–Kier alpha value is -0.880. The van der Waals surface area contributed by atoms with Crippen LogP contribution in [0.5, 0.6) is 0 Å². The van der Waals surface area contributed by atoms with Crippen LogP contribution in [0.3, 0.4) is 0 Å². The van der Waals surface area contributed by atoms with Crippen LogP contribution in [0.25, 0.3) is 0 Å². The van der Waals surface area contributed by atoms with E-state index in [0.717, 1.165) is 24.9 Å². The molecule has 1 N–H and O–H groups in total. The summed E-state index contributed by atoms with van der Waals surface area (Å²) in [4.78, 5) is 6.75. The molecule has 0 atom stereocenters. The molecule has 0 saturated carbocycles. The van der Waals surface area contributed by atoms with Crippen molar-refractivity contribution in [3.8, 4) is 0 Å². The molecule has 0 amide bonds. The van der Waals surface area contributed by atoms with E-state index in [1.165, 1.54) is 0 Å². The van der Waals surface area contributed by atoms with Gasteiger partial charge in [0.1, 0.15) is 5.82 Å². The molecule has 6 heteroatoms. The molecule has 0 unspecified atom stereocenters. The zero-order valence-electron chi connectivity index (χ0n) is 9.36. The fraction of sp³-hybridized carbons (Fsp3) is 0.667. The minimum absolute atomic E-state index is 0.315. The van der Waals surface area contributed by atoms with E-state index in [9.17, 15) is 8.42 Å². The molecule has 1 heterocycles. The largest absolute Gasteiger partial charge is 0.349 e. The summed E-state index contributed by atoms with van der Waals surface area (Å²) in [5.41, 5.74) is 0. The molecule has 15 heavy (non-hydrogen) atoms. The topological polar surface area (TPSA) is 72.1 Å². The van der Waals surface area contributed by atoms with Crippen molar-refractivity contribution in [1.82, 2.24) is 9.97 Å². The van der Waals surface area contributed by atoms with Crippen LogP contribution in [0, 0.1) is 6.92 Å². The molecular formula is C9H18N2O3S. The summed E-state index contributed by atoms with van der Waals surface area (Å²) in [6.45, 7) is 4.21. The highest BCUT2D eigenvalue weighted by Crippen LogP contribution is 1.91. The molecule has 1 aromatic heterocycles. The van der Waals surface area contributed by atoms with E-state index in [-0.39, 0.29) is 0 Å². The predicted octanol–water partition coefficient (Wildman–Crippen LogP) is 1.48. The molecular weight excluding hydrogens is 216 g/mol. The van der Waals surface area contributed by atoms with Gasteiger partial charge in [0.15, 0.2) is 0 Å². The molecule has 1 rings (SSSR count). The van der Waals surface area contributed by atoms with Crippen LogP contribution in [-0.4, -0.2) is 31.2 Å². The highest BCUT2D eigenvalue weighted by molar-refractivity contribution is 7.85. The van der Waals surface area contributed by atoms with Crippen molar-refractivity contribution in [2.45, 2.75) is 26.7 Å². The number of hydrogen-bond donors (Lipinski definition) is 1. The van der Waals surface area contributed by atoms with Gasteiger partial charge >= 0.3 is 0 Å². The van der Waals surface area contributed by atoms with Gasteiger partial charge in [0.2, 0.25) is 0 Å². The van der Waals surface area contributed by atoms with E-state index in [4.69, 9.17) is 0 Å². The molecule has 5 nitrogen and oxygen atoms in total. The van der Waals surface area contributed by atoms with Crippen LogP contribution in [-0.2, 0) is 14.3 Å². The molecule has 1 aromatic rings. The highest BCUT2D eigenvalue weighted by atomic mass is 32.2. The average Bonchev–Trinajstić information content (AvgIpc) is 2.55. The zero-order chi connectivity index (χ0) is 11.7. The number of imidazole rings is 1. The first-order chi connectivity index (χ1) is 6.95. The van der Waals surface area contributed by atoms with Crippen molar-refractivity contribution in [1.29, 1.82) is 0 Å². The fourth-order valence-corrected chi connectivity index (χ4v) is 1.12. The van der Waals surface area contributed by atoms with E-state index in [2.05, 4.69) is 14.2 Å². The second-order valence-electron chi connectivity index (χ2n) is 3.05. The number of aromatic nitrogens is 2. The Kier molecular flexibility index (Phi) is 6.98. The van der Waals surface area contributed by atoms with Crippen LogP contribution >= 0.6 is 0 Å². The molecule has 0 aliphatic heterocycles. The van der Waals surface area contributed by atoms with Gasteiger partial charge in [0.05, 0.1) is 12.9 Å². The van der Waals surface area contributed by atoms with Crippen LogP contribution in [0.2, 0.25) is 0 Å². The van der Waals surface area contributed by atoms with E-state index in [1.807, 2.05) is 13.8 Å². The molecule has 0 aromatic carbocycles. The van der Waals surface area contributed by atoms with Crippen LogP contribution in [0.4, 0.5) is 0 Å². The van der Waals surface area contributed by atoms with E-state index >= 15 is 0 Å². The predicted molar refractivity (Wildman–Crippen MR) is 59.0 cm³/mol. The van der Waals surface area contributed by atoms with Gasteiger partial charge in [-0.15, -0.1) is 0 Å². The van der Waals surface area contributed by atoms with E-state index in [1.54, 1.807) is 12.4 Å². The second-order valence-corrected chi connectivity index (χ2v) is 4.70. The molecule has 0 spiro atoms. The van der Waals surface area contributed by atoms with Crippen molar-refractivity contribution < 1.29 is 12.6 Å².